The van der Waals surface area contributed by atoms with Crippen LogP contribution < -0.4 is 0 Å². The summed E-state index contributed by atoms with van der Waals surface area (Å²) in [5.41, 5.74) is 4.45. The second-order valence-corrected chi connectivity index (χ2v) is 7.77. The van der Waals surface area contributed by atoms with Crippen molar-refractivity contribution >= 4 is 24.3 Å². The highest BCUT2D eigenvalue weighted by Crippen LogP contribution is 2.32. The summed E-state index contributed by atoms with van der Waals surface area (Å²) in [4.78, 5) is 2.74. The Hall–Kier alpha value is -4.98. The molecule has 2 aromatic heterocycles. The molecule has 0 aliphatic heterocycles. The molecule has 0 atom stereocenters. The molecule has 36 heavy (non-hydrogen) atoms. The van der Waals surface area contributed by atoms with Crippen molar-refractivity contribution in [3.63, 3.8) is 0 Å². The van der Waals surface area contributed by atoms with Crippen LogP contribution in [0.25, 0.3) is 35.7 Å². The lowest BCUT2D eigenvalue weighted by molar-refractivity contribution is 0.455. The van der Waals surface area contributed by atoms with E-state index < -0.39 is 0 Å². The SMILES string of the molecule is C=C/C=C\c1nn(-c2cccc(Cc3cccc(-n4nc(C=C)c(/C=C\C)n4)c3O)c2O)nc1C=C. The van der Waals surface area contributed by atoms with Crippen molar-refractivity contribution in [2.75, 3.05) is 0 Å². The molecule has 4 aromatic rings. The highest BCUT2D eigenvalue weighted by Gasteiger charge is 2.17. The minimum absolute atomic E-state index is 0.00805. The average Bonchev–Trinajstić information content (AvgIpc) is 3.49. The third kappa shape index (κ3) is 4.65. The van der Waals surface area contributed by atoms with Gasteiger partial charge in [0.25, 0.3) is 0 Å². The van der Waals surface area contributed by atoms with Crippen molar-refractivity contribution in [3.8, 4) is 22.9 Å². The van der Waals surface area contributed by atoms with Crippen LogP contribution in [0.3, 0.4) is 0 Å². The van der Waals surface area contributed by atoms with Gasteiger partial charge in [0, 0.05) is 17.5 Å². The Morgan fingerprint density at radius 3 is 1.64 bits per heavy atom. The van der Waals surface area contributed by atoms with E-state index in [4.69, 9.17) is 0 Å². The third-order valence-corrected chi connectivity index (χ3v) is 5.44. The number of aromatic hydroxyl groups is 2. The number of para-hydroxylation sites is 2. The van der Waals surface area contributed by atoms with E-state index in [1.54, 1.807) is 66.8 Å². The van der Waals surface area contributed by atoms with Gasteiger partial charge in [-0.05, 0) is 43.4 Å². The first-order valence-corrected chi connectivity index (χ1v) is 11.2. The van der Waals surface area contributed by atoms with Crippen LogP contribution in [-0.2, 0) is 6.42 Å². The molecule has 180 valence electrons. The highest BCUT2D eigenvalue weighted by atomic mass is 16.3. The number of rotatable bonds is 9. The van der Waals surface area contributed by atoms with Crippen LogP contribution in [0.2, 0.25) is 0 Å². The molecule has 2 aromatic carbocycles. The molecule has 0 saturated heterocycles. The lowest BCUT2D eigenvalue weighted by Gasteiger charge is -2.12. The minimum Gasteiger partial charge on any atom is -0.505 e. The van der Waals surface area contributed by atoms with Gasteiger partial charge in [0.2, 0.25) is 0 Å². The zero-order chi connectivity index (χ0) is 25.7. The highest BCUT2D eigenvalue weighted by molar-refractivity contribution is 5.61. The molecule has 2 N–H and O–H groups in total. The molecule has 8 heteroatoms. The molecule has 0 amide bonds. The summed E-state index contributed by atoms with van der Waals surface area (Å²) in [6.45, 7) is 13.1. The van der Waals surface area contributed by atoms with Gasteiger partial charge in [-0.3, -0.25) is 0 Å². The van der Waals surface area contributed by atoms with E-state index in [1.807, 2.05) is 19.1 Å². The number of benzene rings is 2. The zero-order valence-electron chi connectivity index (χ0n) is 19.9. The van der Waals surface area contributed by atoms with Crippen LogP contribution in [0.5, 0.6) is 11.5 Å². The zero-order valence-corrected chi connectivity index (χ0v) is 19.9. The monoisotopic (exact) mass is 478 g/mol. The van der Waals surface area contributed by atoms with Crippen LogP contribution in [0.15, 0.2) is 74.4 Å². The van der Waals surface area contributed by atoms with Crippen LogP contribution in [0.4, 0.5) is 0 Å². The predicted octanol–water partition coefficient (Wildman–Crippen LogP) is 5.37. The molecule has 0 radical (unpaired) electrons. The summed E-state index contributed by atoms with van der Waals surface area (Å²) in [5, 5.41) is 39.9. The second kappa shape index (κ2) is 10.5. The molecule has 0 saturated carbocycles. The second-order valence-electron chi connectivity index (χ2n) is 7.77. The van der Waals surface area contributed by atoms with Crippen molar-refractivity contribution in [1.82, 2.24) is 30.0 Å². The topological polar surface area (TPSA) is 102 Å². The quantitative estimate of drug-likeness (QED) is 0.314. The fourth-order valence-corrected chi connectivity index (χ4v) is 3.69. The minimum atomic E-state index is 0.00805. The molecule has 2 heterocycles. The van der Waals surface area contributed by atoms with Gasteiger partial charge < -0.3 is 10.2 Å². The maximum Gasteiger partial charge on any atom is 0.146 e. The summed E-state index contributed by atoms with van der Waals surface area (Å²) in [6.07, 6.45) is 12.3. The molecule has 0 aliphatic carbocycles. The first kappa shape index (κ1) is 24.2. The normalized spacial score (nSPS) is 11.4. The standard InChI is InChI=1S/C28H26N6O2/c1-5-9-15-24-22(8-4)30-34(32-24)26-17-11-14-20(28(26)36)18-19-13-10-16-25(27(19)35)33-29-21(7-3)23(31-33)12-6-2/h5-17,35-36H,1,3-4,18H2,2H3/b12-6-,15-9-. The number of phenols is 2. The molecule has 0 unspecified atom stereocenters. The molecular formula is C28H26N6O2. The number of hydrogen-bond acceptors (Lipinski definition) is 6. The fourth-order valence-electron chi connectivity index (χ4n) is 3.69. The van der Waals surface area contributed by atoms with E-state index in [0.717, 1.165) is 0 Å². The summed E-state index contributed by atoms with van der Waals surface area (Å²) in [5.74, 6) is 0.0247. The van der Waals surface area contributed by atoms with Gasteiger partial charge in [-0.15, -0.1) is 30.0 Å². The van der Waals surface area contributed by atoms with E-state index in [0.29, 0.717) is 45.3 Å². The summed E-state index contributed by atoms with van der Waals surface area (Å²) in [6, 6.07) is 10.6. The number of hydrogen-bond donors (Lipinski definition) is 2. The molecule has 0 bridgehead atoms. The Balaban J connectivity index is 1.70. The van der Waals surface area contributed by atoms with Crippen LogP contribution in [0.1, 0.15) is 40.8 Å². The van der Waals surface area contributed by atoms with Crippen molar-refractivity contribution in [2.45, 2.75) is 13.3 Å². The molecular weight excluding hydrogens is 452 g/mol. The van der Waals surface area contributed by atoms with Crippen molar-refractivity contribution in [3.05, 3.63) is 108 Å². The summed E-state index contributed by atoms with van der Waals surface area (Å²) >= 11 is 0. The smallest absolute Gasteiger partial charge is 0.146 e. The number of aromatic nitrogens is 6. The van der Waals surface area contributed by atoms with Gasteiger partial charge in [0.1, 0.15) is 45.6 Å². The van der Waals surface area contributed by atoms with Crippen LogP contribution in [0, 0.1) is 0 Å². The van der Waals surface area contributed by atoms with E-state index in [-0.39, 0.29) is 17.9 Å². The van der Waals surface area contributed by atoms with E-state index >= 15 is 0 Å². The predicted molar refractivity (Wildman–Crippen MR) is 143 cm³/mol. The molecule has 4 rings (SSSR count). The Morgan fingerprint density at radius 1 is 0.722 bits per heavy atom. The van der Waals surface area contributed by atoms with E-state index in [1.165, 1.54) is 9.59 Å². The number of allylic oxidation sites excluding steroid dienone is 3. The third-order valence-electron chi connectivity index (χ3n) is 5.44. The first-order chi connectivity index (χ1) is 17.5. The average molecular weight is 479 g/mol. The molecule has 0 fully saturated rings. The molecule has 0 spiro atoms. The van der Waals surface area contributed by atoms with Gasteiger partial charge in [-0.2, -0.15) is 0 Å². The van der Waals surface area contributed by atoms with Gasteiger partial charge in [-0.25, -0.2) is 0 Å². The van der Waals surface area contributed by atoms with Gasteiger partial charge in [0.15, 0.2) is 0 Å². The molecule has 0 aliphatic rings. The number of nitrogens with zero attached hydrogens (tertiary/aromatic N) is 6. The summed E-state index contributed by atoms with van der Waals surface area (Å²) < 4.78 is 0. The van der Waals surface area contributed by atoms with Gasteiger partial charge in [-0.1, -0.05) is 62.2 Å². The van der Waals surface area contributed by atoms with E-state index in [2.05, 4.69) is 40.1 Å². The lowest BCUT2D eigenvalue weighted by Crippen LogP contribution is -2.03. The fraction of sp³-hybridized carbons (Fsp3) is 0.0714. The summed E-state index contributed by atoms with van der Waals surface area (Å²) in [7, 11) is 0. The van der Waals surface area contributed by atoms with Crippen LogP contribution in [-0.4, -0.2) is 40.2 Å². The van der Waals surface area contributed by atoms with Crippen molar-refractivity contribution < 1.29 is 10.2 Å². The maximum atomic E-state index is 11.1. The van der Waals surface area contributed by atoms with Crippen molar-refractivity contribution in [1.29, 1.82) is 0 Å². The van der Waals surface area contributed by atoms with E-state index in [9.17, 15) is 10.2 Å². The Kier molecular flexibility index (Phi) is 7.06. The Morgan fingerprint density at radius 2 is 1.19 bits per heavy atom. The van der Waals surface area contributed by atoms with Gasteiger partial charge >= 0.3 is 0 Å². The first-order valence-electron chi connectivity index (χ1n) is 11.2. The molecule has 8 nitrogen and oxygen atoms in total. The van der Waals surface area contributed by atoms with Crippen LogP contribution >= 0.6 is 0 Å². The van der Waals surface area contributed by atoms with Gasteiger partial charge in [0.05, 0.1) is 0 Å². The maximum absolute atomic E-state index is 11.1. The number of phenolic OH excluding ortho intramolecular Hbond substituents is 2. The Labute approximate surface area is 209 Å². The largest absolute Gasteiger partial charge is 0.505 e. The Bertz CT molecular complexity index is 1510. The van der Waals surface area contributed by atoms with Crippen molar-refractivity contribution in [2.24, 2.45) is 0 Å². The lowest BCUT2D eigenvalue weighted by atomic mass is 10.0.